The summed E-state index contributed by atoms with van der Waals surface area (Å²) in [5.41, 5.74) is 7.37. The molecule has 1 aromatic heterocycles. The number of nitrogens with two attached hydrogens (primary N) is 1. The molecule has 33 heavy (non-hydrogen) atoms. The Kier molecular flexibility index (Phi) is 6.78. The molecule has 14 heteroatoms. The van der Waals surface area contributed by atoms with Gasteiger partial charge in [-0.25, -0.2) is 9.59 Å². The number of fused-ring (bicyclic) bond motifs is 1. The Labute approximate surface area is 188 Å². The second kappa shape index (κ2) is 9.23. The molecular formula is C19H17F3N4O6S. The predicted molar refractivity (Wildman–Crippen MR) is 109 cm³/mol. The van der Waals surface area contributed by atoms with Crippen molar-refractivity contribution in [2.45, 2.75) is 24.0 Å². The lowest BCUT2D eigenvalue weighted by atomic mass is 10.0. The number of aromatic nitrogens is 1. The molecule has 0 saturated carbocycles. The van der Waals surface area contributed by atoms with E-state index in [1.165, 1.54) is 16.7 Å². The van der Waals surface area contributed by atoms with Crippen molar-refractivity contribution in [3.63, 3.8) is 0 Å². The minimum absolute atomic E-state index is 0.0689. The molecule has 0 spiro atoms. The smallest absolute Gasteiger partial charge is 0.477 e. The quantitative estimate of drug-likeness (QED) is 0.419. The number of carbonyl (C=O) groups excluding carboxylic acids is 2. The molecule has 0 bridgehead atoms. The summed E-state index contributed by atoms with van der Waals surface area (Å²) >= 11 is 1.42. The third-order valence-corrected chi connectivity index (χ3v) is 6.24. The molecule has 2 atom stereocenters. The van der Waals surface area contributed by atoms with E-state index >= 15 is 0 Å². The van der Waals surface area contributed by atoms with E-state index in [1.54, 1.807) is 35.5 Å². The molecule has 3 aliphatic heterocycles. The van der Waals surface area contributed by atoms with Crippen LogP contribution < -0.4 is 10.6 Å². The van der Waals surface area contributed by atoms with Gasteiger partial charge in [-0.05, 0) is 30.2 Å². The van der Waals surface area contributed by atoms with E-state index in [4.69, 9.17) is 15.6 Å². The third-order valence-electron chi connectivity index (χ3n) is 4.91. The summed E-state index contributed by atoms with van der Waals surface area (Å²) in [6.07, 6.45) is 0.285. The molecule has 2 saturated heterocycles. The molecule has 4 heterocycles. The largest absolute Gasteiger partial charge is 0.490 e. The van der Waals surface area contributed by atoms with Crippen molar-refractivity contribution in [3.8, 4) is 0 Å². The summed E-state index contributed by atoms with van der Waals surface area (Å²) in [7, 11) is 0. The first-order chi connectivity index (χ1) is 15.4. The van der Waals surface area contributed by atoms with E-state index in [1.807, 2.05) is 0 Å². The molecule has 2 amide bonds. The molecule has 0 unspecified atom stereocenters. The Balaban J connectivity index is 0.000000383. The summed E-state index contributed by atoms with van der Waals surface area (Å²) in [6.45, 7) is 0.509. The molecule has 2 fully saturated rings. The number of allylic oxidation sites excluding steroid dienone is 1. The van der Waals surface area contributed by atoms with Gasteiger partial charge >= 0.3 is 18.1 Å². The van der Waals surface area contributed by atoms with Crippen LogP contribution in [0.4, 0.5) is 18.9 Å². The number of nitrogens with zero attached hydrogens (tertiary/aromatic N) is 3. The number of aliphatic carboxylic acids is 2. The first kappa shape index (κ1) is 24.3. The van der Waals surface area contributed by atoms with Gasteiger partial charge in [0.15, 0.2) is 0 Å². The molecule has 10 nitrogen and oxygen atoms in total. The van der Waals surface area contributed by atoms with E-state index in [2.05, 4.69) is 4.98 Å². The van der Waals surface area contributed by atoms with Gasteiger partial charge in [0.05, 0.1) is 11.9 Å². The maximum atomic E-state index is 12.7. The minimum atomic E-state index is -5.08. The number of carbonyl (C=O) groups is 4. The van der Waals surface area contributed by atoms with Gasteiger partial charge in [0, 0.05) is 24.1 Å². The van der Waals surface area contributed by atoms with E-state index in [9.17, 15) is 32.7 Å². The molecule has 4 rings (SSSR count). The van der Waals surface area contributed by atoms with Gasteiger partial charge < -0.3 is 20.8 Å². The second-order valence-electron chi connectivity index (χ2n) is 7.01. The van der Waals surface area contributed by atoms with Gasteiger partial charge in [-0.15, -0.1) is 11.8 Å². The normalized spacial score (nSPS) is 23.7. The molecule has 0 aliphatic carbocycles. The number of β-lactam (4-membered cyclic amide) rings is 1. The maximum absolute atomic E-state index is 12.7. The number of anilines is 1. The zero-order valence-corrected chi connectivity index (χ0v) is 17.5. The zero-order valence-electron chi connectivity index (χ0n) is 16.7. The van der Waals surface area contributed by atoms with Crippen molar-refractivity contribution < 1.29 is 42.6 Å². The van der Waals surface area contributed by atoms with Gasteiger partial charge in [-0.2, -0.15) is 13.2 Å². The number of amides is 2. The van der Waals surface area contributed by atoms with E-state index in [-0.39, 0.29) is 17.0 Å². The number of rotatable bonds is 3. The highest BCUT2D eigenvalue weighted by atomic mass is 32.2. The molecule has 1 aromatic rings. The second-order valence-corrected chi connectivity index (χ2v) is 8.11. The highest BCUT2D eigenvalue weighted by Crippen LogP contribution is 2.40. The van der Waals surface area contributed by atoms with E-state index < -0.39 is 30.1 Å². The average molecular weight is 486 g/mol. The average Bonchev–Trinajstić information content (AvgIpc) is 3.13. The number of halogens is 3. The van der Waals surface area contributed by atoms with E-state index in [0.29, 0.717) is 35.6 Å². The van der Waals surface area contributed by atoms with Crippen LogP contribution in [0.25, 0.3) is 0 Å². The van der Waals surface area contributed by atoms with Crippen LogP contribution in [0.1, 0.15) is 6.42 Å². The van der Waals surface area contributed by atoms with Crippen molar-refractivity contribution in [2.75, 3.05) is 17.2 Å². The monoisotopic (exact) mass is 486 g/mol. The topological polar surface area (TPSA) is 154 Å². The van der Waals surface area contributed by atoms with Crippen LogP contribution in [0, 0.1) is 0 Å². The molecule has 4 N–H and O–H groups in total. The highest BCUT2D eigenvalue weighted by molar-refractivity contribution is 8.00. The Morgan fingerprint density at radius 3 is 2.48 bits per heavy atom. The van der Waals surface area contributed by atoms with Crippen molar-refractivity contribution in [1.29, 1.82) is 0 Å². The molecule has 0 aromatic carbocycles. The fourth-order valence-electron chi connectivity index (χ4n) is 3.37. The van der Waals surface area contributed by atoms with Crippen LogP contribution in [0.15, 0.2) is 47.4 Å². The van der Waals surface area contributed by atoms with Crippen LogP contribution in [0.5, 0.6) is 0 Å². The highest BCUT2D eigenvalue weighted by Gasteiger charge is 2.51. The molecule has 3 aliphatic rings. The number of alkyl halides is 3. The van der Waals surface area contributed by atoms with Crippen molar-refractivity contribution in [1.82, 2.24) is 9.88 Å². The number of hydrogen-bond acceptors (Lipinski definition) is 7. The summed E-state index contributed by atoms with van der Waals surface area (Å²) in [5, 5.41) is 16.3. The Hall–Kier alpha value is -3.39. The number of carboxylic acid groups (broad SMARTS) is 2. The van der Waals surface area contributed by atoms with Crippen LogP contribution in [0.2, 0.25) is 0 Å². The third kappa shape index (κ3) is 4.85. The standard InChI is InChI=1S/C17H16N4O4S.C2HF3O2/c18-12-15(23)21-13(17(24)25)10(8-26-16(12)21)6-9-3-5-20(14(9)22)11-2-1-4-19-7-11;3-2(4,5)1(6)7/h1-2,4,6-7,12,16H,3,5,8,18H2,(H,24,25);(H,6,7)/b9-6+;/t12-,16-;/m1./s1. The number of pyridine rings is 1. The summed E-state index contributed by atoms with van der Waals surface area (Å²) in [6, 6.07) is 2.89. The molecule has 0 radical (unpaired) electrons. The lowest BCUT2D eigenvalue weighted by Crippen LogP contribution is -2.68. The number of thioether (sulfide) groups is 1. The van der Waals surface area contributed by atoms with Crippen LogP contribution in [-0.4, -0.2) is 73.7 Å². The van der Waals surface area contributed by atoms with Crippen molar-refractivity contribution in [2.24, 2.45) is 5.73 Å². The first-order valence-corrected chi connectivity index (χ1v) is 10.4. The summed E-state index contributed by atoms with van der Waals surface area (Å²) < 4.78 is 31.7. The van der Waals surface area contributed by atoms with Crippen LogP contribution >= 0.6 is 11.8 Å². The fourth-order valence-corrected chi connectivity index (χ4v) is 4.62. The van der Waals surface area contributed by atoms with Crippen molar-refractivity contribution >= 4 is 41.2 Å². The molecule has 176 valence electrons. The minimum Gasteiger partial charge on any atom is -0.477 e. The van der Waals surface area contributed by atoms with Gasteiger partial charge in [0.1, 0.15) is 17.1 Å². The van der Waals surface area contributed by atoms with Gasteiger partial charge in [0.2, 0.25) is 5.91 Å². The molecular weight excluding hydrogens is 469 g/mol. The Morgan fingerprint density at radius 1 is 1.27 bits per heavy atom. The fraction of sp³-hybridized carbons (Fsp3) is 0.316. The Bertz CT molecular complexity index is 1060. The number of carboxylic acids is 2. The van der Waals surface area contributed by atoms with Gasteiger partial charge in [-0.3, -0.25) is 19.5 Å². The van der Waals surface area contributed by atoms with Crippen LogP contribution in [-0.2, 0) is 19.2 Å². The van der Waals surface area contributed by atoms with Crippen molar-refractivity contribution in [3.05, 3.63) is 47.4 Å². The SMILES string of the molecule is N[C@@H]1C(=O)N2C(C(=O)O)=C(/C=C3\CCN(c4cccnc4)C3=O)CS[C@H]12.O=C(O)C(F)(F)F. The van der Waals surface area contributed by atoms with Crippen LogP contribution in [0.3, 0.4) is 0 Å². The Morgan fingerprint density at radius 2 is 1.94 bits per heavy atom. The summed E-state index contributed by atoms with van der Waals surface area (Å²) in [5.74, 6) is -4.11. The van der Waals surface area contributed by atoms with Gasteiger partial charge in [0.25, 0.3) is 5.91 Å². The lowest BCUT2D eigenvalue weighted by Gasteiger charge is -2.47. The zero-order chi connectivity index (χ0) is 24.5. The van der Waals surface area contributed by atoms with E-state index in [0.717, 1.165) is 0 Å². The first-order valence-electron chi connectivity index (χ1n) is 9.32. The predicted octanol–water partition coefficient (Wildman–Crippen LogP) is 0.959. The lowest BCUT2D eigenvalue weighted by molar-refractivity contribution is -0.192. The summed E-state index contributed by atoms with van der Waals surface area (Å²) in [4.78, 5) is 52.1. The number of hydrogen-bond donors (Lipinski definition) is 3. The maximum Gasteiger partial charge on any atom is 0.490 e. The van der Waals surface area contributed by atoms with Gasteiger partial charge in [-0.1, -0.05) is 0 Å².